The van der Waals surface area contributed by atoms with E-state index in [9.17, 15) is 14.4 Å². The monoisotopic (exact) mass is 407 g/mol. The highest BCUT2D eigenvalue weighted by Crippen LogP contribution is 2.39. The number of carbonyl (C=O) groups excluding carboxylic acids is 3. The average molecular weight is 407 g/mol. The highest BCUT2D eigenvalue weighted by molar-refractivity contribution is 6.08. The van der Waals surface area contributed by atoms with Gasteiger partial charge in [0.2, 0.25) is 0 Å². The normalized spacial score (nSPS) is 19.2. The summed E-state index contributed by atoms with van der Waals surface area (Å²) in [6.07, 6.45) is 5.06. The molecule has 2 fully saturated rings. The van der Waals surface area contributed by atoms with Crippen LogP contribution in [0.15, 0.2) is 54.7 Å². The van der Waals surface area contributed by atoms with Crippen LogP contribution in [0.4, 0.5) is 4.79 Å². The molecule has 7 nitrogen and oxygen atoms in total. The Morgan fingerprint density at radius 3 is 2.43 bits per heavy atom. The summed E-state index contributed by atoms with van der Waals surface area (Å²) in [5, 5.41) is 0. The van der Waals surface area contributed by atoms with Gasteiger partial charge in [-0.1, -0.05) is 55.7 Å². The number of urea groups is 1. The highest BCUT2D eigenvalue weighted by atomic mass is 16.5. The predicted molar refractivity (Wildman–Crippen MR) is 109 cm³/mol. The maximum atomic E-state index is 13.1. The standard InChI is InChI=1S/C23H25N3O4/c1-25-22(29)26(21(28)23(25)13-7-3-8-14-23)16-19(27)30-20(17-10-4-2-5-11-17)18-12-6-9-15-24-18/h2,4-6,9-12,15,20H,3,7-8,13-14,16H2,1H3/t20-/m1/s1. The molecule has 0 radical (unpaired) electrons. The lowest BCUT2D eigenvalue weighted by Crippen LogP contribution is -2.49. The van der Waals surface area contributed by atoms with Gasteiger partial charge >= 0.3 is 12.0 Å². The first-order valence-electron chi connectivity index (χ1n) is 10.3. The average Bonchev–Trinajstić information content (AvgIpc) is 2.95. The van der Waals surface area contributed by atoms with Crippen molar-refractivity contribution in [2.45, 2.75) is 43.7 Å². The minimum Gasteiger partial charge on any atom is -0.450 e. The number of ether oxygens (including phenoxy) is 1. The zero-order chi connectivity index (χ0) is 21.1. The van der Waals surface area contributed by atoms with E-state index in [0.717, 1.165) is 29.7 Å². The van der Waals surface area contributed by atoms with Gasteiger partial charge in [0.1, 0.15) is 12.1 Å². The molecule has 2 heterocycles. The summed E-state index contributed by atoms with van der Waals surface area (Å²) in [6.45, 7) is -0.403. The number of esters is 1. The molecule has 1 saturated heterocycles. The van der Waals surface area contributed by atoms with Crippen molar-refractivity contribution in [1.82, 2.24) is 14.8 Å². The fourth-order valence-corrected chi connectivity index (χ4v) is 4.43. The topological polar surface area (TPSA) is 79.8 Å². The minimum absolute atomic E-state index is 0.291. The molecule has 0 bridgehead atoms. The van der Waals surface area contributed by atoms with Crippen molar-refractivity contribution < 1.29 is 19.1 Å². The van der Waals surface area contributed by atoms with Crippen molar-refractivity contribution in [3.05, 3.63) is 66.0 Å². The lowest BCUT2D eigenvalue weighted by molar-refractivity contribution is -0.151. The van der Waals surface area contributed by atoms with Crippen LogP contribution < -0.4 is 0 Å². The Hall–Kier alpha value is -3.22. The summed E-state index contributed by atoms with van der Waals surface area (Å²) in [5.41, 5.74) is 0.539. The van der Waals surface area contributed by atoms with Gasteiger partial charge in [0.05, 0.1) is 5.69 Å². The number of hydrogen-bond donors (Lipinski definition) is 0. The van der Waals surface area contributed by atoms with Crippen molar-refractivity contribution in [3.8, 4) is 0 Å². The van der Waals surface area contributed by atoms with Crippen LogP contribution in [0.5, 0.6) is 0 Å². The molecule has 1 aliphatic heterocycles. The van der Waals surface area contributed by atoms with E-state index < -0.39 is 30.2 Å². The van der Waals surface area contributed by atoms with Gasteiger partial charge in [-0.2, -0.15) is 0 Å². The quantitative estimate of drug-likeness (QED) is 0.561. The lowest BCUT2D eigenvalue weighted by Gasteiger charge is -2.35. The predicted octanol–water partition coefficient (Wildman–Crippen LogP) is 3.31. The van der Waals surface area contributed by atoms with E-state index in [4.69, 9.17) is 4.74 Å². The van der Waals surface area contributed by atoms with Gasteiger partial charge in [-0.3, -0.25) is 19.5 Å². The van der Waals surface area contributed by atoms with Crippen LogP contribution in [0.1, 0.15) is 49.5 Å². The van der Waals surface area contributed by atoms with Crippen molar-refractivity contribution in [1.29, 1.82) is 0 Å². The Bertz CT molecular complexity index is 886. The molecular weight excluding hydrogens is 382 g/mol. The number of hydrogen-bond acceptors (Lipinski definition) is 5. The van der Waals surface area contributed by atoms with Gasteiger partial charge < -0.3 is 9.64 Å². The van der Waals surface area contributed by atoms with Gasteiger partial charge in [-0.25, -0.2) is 4.79 Å². The Kier molecular flexibility index (Phi) is 5.53. The van der Waals surface area contributed by atoms with E-state index in [1.165, 1.54) is 4.90 Å². The van der Waals surface area contributed by atoms with Gasteiger partial charge in [0.25, 0.3) is 5.91 Å². The van der Waals surface area contributed by atoms with E-state index in [1.807, 2.05) is 36.4 Å². The lowest BCUT2D eigenvalue weighted by atomic mass is 9.81. The number of amides is 3. The van der Waals surface area contributed by atoms with Crippen molar-refractivity contribution in [2.75, 3.05) is 13.6 Å². The molecule has 3 amide bonds. The van der Waals surface area contributed by atoms with Gasteiger partial charge in [-0.15, -0.1) is 0 Å². The van der Waals surface area contributed by atoms with Crippen LogP contribution in [0.25, 0.3) is 0 Å². The first-order chi connectivity index (χ1) is 14.5. The van der Waals surface area contributed by atoms with Crippen LogP contribution >= 0.6 is 0 Å². The second-order valence-corrected chi connectivity index (χ2v) is 7.86. The smallest absolute Gasteiger partial charge is 0.327 e. The van der Waals surface area contributed by atoms with Crippen molar-refractivity contribution in [3.63, 3.8) is 0 Å². The third-order valence-corrected chi connectivity index (χ3v) is 6.08. The summed E-state index contributed by atoms with van der Waals surface area (Å²) in [6, 6.07) is 14.2. The molecule has 1 spiro atoms. The summed E-state index contributed by atoms with van der Waals surface area (Å²) >= 11 is 0. The molecule has 1 atom stereocenters. The Morgan fingerprint density at radius 1 is 1.07 bits per heavy atom. The summed E-state index contributed by atoms with van der Waals surface area (Å²) in [7, 11) is 1.65. The zero-order valence-electron chi connectivity index (χ0n) is 17.0. The fraction of sp³-hybridized carbons (Fsp3) is 0.391. The molecule has 1 saturated carbocycles. The van der Waals surface area contributed by atoms with E-state index in [1.54, 1.807) is 25.4 Å². The number of benzene rings is 1. The Morgan fingerprint density at radius 2 is 1.77 bits per heavy atom. The maximum absolute atomic E-state index is 13.1. The van der Waals surface area contributed by atoms with E-state index in [2.05, 4.69) is 4.98 Å². The SMILES string of the molecule is CN1C(=O)N(CC(=O)O[C@H](c2ccccc2)c2ccccn2)C(=O)C12CCCCC2. The molecule has 0 N–H and O–H groups in total. The van der Waals surface area contributed by atoms with Crippen LogP contribution in [0, 0.1) is 0 Å². The molecule has 0 unspecified atom stereocenters. The summed E-state index contributed by atoms with van der Waals surface area (Å²) in [4.78, 5) is 45.5. The first kappa shape index (κ1) is 20.1. The van der Waals surface area contributed by atoms with Gasteiger partial charge in [0, 0.05) is 13.2 Å². The molecule has 1 aromatic heterocycles. The molecule has 1 aliphatic carbocycles. The molecule has 2 aliphatic rings. The number of likely N-dealkylation sites (N-methyl/N-ethyl adjacent to an activating group) is 1. The van der Waals surface area contributed by atoms with Crippen LogP contribution in [-0.4, -0.2) is 51.8 Å². The second kappa shape index (κ2) is 8.26. The molecular formula is C23H25N3O4. The highest BCUT2D eigenvalue weighted by Gasteiger charge is 2.56. The number of rotatable bonds is 5. The molecule has 30 heavy (non-hydrogen) atoms. The summed E-state index contributed by atoms with van der Waals surface area (Å²) in [5.74, 6) is -0.932. The number of carbonyl (C=O) groups is 3. The number of imide groups is 1. The van der Waals surface area contributed by atoms with Gasteiger partial charge in [0.15, 0.2) is 6.10 Å². The maximum Gasteiger partial charge on any atom is 0.327 e. The van der Waals surface area contributed by atoms with E-state index in [0.29, 0.717) is 18.5 Å². The van der Waals surface area contributed by atoms with Crippen LogP contribution in [-0.2, 0) is 14.3 Å². The third-order valence-electron chi connectivity index (χ3n) is 6.08. The first-order valence-corrected chi connectivity index (χ1v) is 10.3. The van der Waals surface area contributed by atoms with Crippen LogP contribution in [0.2, 0.25) is 0 Å². The van der Waals surface area contributed by atoms with Crippen molar-refractivity contribution in [2.24, 2.45) is 0 Å². The van der Waals surface area contributed by atoms with E-state index in [-0.39, 0.29) is 5.91 Å². The third kappa shape index (κ3) is 3.56. The number of aromatic nitrogens is 1. The van der Waals surface area contributed by atoms with Crippen LogP contribution in [0.3, 0.4) is 0 Å². The molecule has 4 rings (SSSR count). The Labute approximate surface area is 175 Å². The largest absolute Gasteiger partial charge is 0.450 e. The minimum atomic E-state index is -0.810. The molecule has 7 heteroatoms. The summed E-state index contributed by atoms with van der Waals surface area (Å²) < 4.78 is 5.73. The molecule has 156 valence electrons. The molecule has 1 aromatic carbocycles. The number of pyridine rings is 1. The van der Waals surface area contributed by atoms with Gasteiger partial charge in [-0.05, 0) is 30.5 Å². The fourth-order valence-electron chi connectivity index (χ4n) is 4.43. The molecule has 2 aromatic rings. The Balaban J connectivity index is 1.53. The number of nitrogens with zero attached hydrogens (tertiary/aromatic N) is 3. The van der Waals surface area contributed by atoms with E-state index >= 15 is 0 Å². The van der Waals surface area contributed by atoms with Crippen molar-refractivity contribution >= 4 is 17.9 Å². The zero-order valence-corrected chi connectivity index (χ0v) is 17.0. The second-order valence-electron chi connectivity index (χ2n) is 7.86.